The molecule has 0 unspecified atom stereocenters. The average Bonchev–Trinajstić information content (AvgIpc) is 3.41. The normalized spacial score (nSPS) is 22.2. The van der Waals surface area contributed by atoms with Crippen molar-refractivity contribution in [3.05, 3.63) is 45.1 Å². The van der Waals surface area contributed by atoms with Gasteiger partial charge in [0.05, 0.1) is 35.0 Å². The average molecular weight is 566 g/mol. The highest BCUT2D eigenvalue weighted by atomic mass is 79.9. The monoisotopic (exact) mass is 564 g/mol. The Bertz CT molecular complexity index is 1200. The minimum atomic E-state index is 0.415. The Labute approximate surface area is 218 Å². The number of fused-ring (bicyclic) bond motifs is 2. The molecule has 9 heteroatoms. The second-order valence-corrected chi connectivity index (χ2v) is 10.7. The number of nitrogens with zero attached hydrogens (tertiary/aromatic N) is 3. The maximum atomic E-state index is 6.42. The molecule has 0 amide bonds. The van der Waals surface area contributed by atoms with Gasteiger partial charge >= 0.3 is 0 Å². The molecule has 2 aromatic carbocycles. The van der Waals surface area contributed by atoms with Crippen LogP contribution in [0.15, 0.2) is 35.1 Å². The van der Waals surface area contributed by atoms with Crippen LogP contribution >= 0.6 is 39.1 Å². The van der Waals surface area contributed by atoms with E-state index in [1.807, 2.05) is 24.3 Å². The van der Waals surface area contributed by atoms with E-state index in [-0.39, 0.29) is 0 Å². The van der Waals surface area contributed by atoms with Gasteiger partial charge in [-0.2, -0.15) is 0 Å². The molecular formula is C25H27BrCl2N4O2. The number of hydrogen-bond donors (Lipinski definition) is 1. The summed E-state index contributed by atoms with van der Waals surface area (Å²) in [5.41, 5.74) is 1.41. The van der Waals surface area contributed by atoms with Crippen LogP contribution in [0, 0.1) is 17.8 Å². The molecule has 1 N–H and O–H groups in total. The minimum Gasteiger partial charge on any atom is -0.493 e. The molecule has 6 nitrogen and oxygen atoms in total. The molecule has 1 aliphatic heterocycles. The van der Waals surface area contributed by atoms with Crippen LogP contribution in [-0.2, 0) is 0 Å². The maximum absolute atomic E-state index is 6.42. The fourth-order valence-electron chi connectivity index (χ4n) is 5.31. The van der Waals surface area contributed by atoms with Gasteiger partial charge in [0.25, 0.3) is 0 Å². The topological polar surface area (TPSA) is 59.5 Å². The van der Waals surface area contributed by atoms with E-state index in [1.165, 1.54) is 32.3 Å². The SMILES string of the molecule is CCN1C[C@H]2C[C@@H](COc3cc4ncnc(Nc5ccc(Br)c(Cl)c5Cl)c4cc3OC)C[C@H]2C1. The fraction of sp³-hybridized carbons (Fsp3) is 0.440. The summed E-state index contributed by atoms with van der Waals surface area (Å²) < 4.78 is 12.7. The molecule has 3 atom stereocenters. The van der Waals surface area contributed by atoms with Gasteiger partial charge in [0.2, 0.25) is 0 Å². The lowest BCUT2D eigenvalue weighted by Crippen LogP contribution is -2.22. The smallest absolute Gasteiger partial charge is 0.163 e. The molecule has 0 bridgehead atoms. The number of anilines is 2. The summed E-state index contributed by atoms with van der Waals surface area (Å²) in [6, 6.07) is 7.51. The van der Waals surface area contributed by atoms with Gasteiger partial charge in [-0.15, -0.1) is 0 Å². The minimum absolute atomic E-state index is 0.415. The number of rotatable bonds is 7. The first-order chi connectivity index (χ1) is 16.5. The molecule has 2 fully saturated rings. The quantitative estimate of drug-likeness (QED) is 0.318. The van der Waals surface area contributed by atoms with E-state index in [2.05, 4.69) is 43.0 Å². The molecule has 180 valence electrons. The van der Waals surface area contributed by atoms with Crippen LogP contribution < -0.4 is 14.8 Å². The Morgan fingerprint density at radius 2 is 1.85 bits per heavy atom. The molecule has 1 saturated carbocycles. The largest absolute Gasteiger partial charge is 0.493 e. The number of nitrogens with one attached hydrogen (secondary N) is 1. The van der Waals surface area contributed by atoms with Crippen molar-refractivity contribution in [3.8, 4) is 11.5 Å². The van der Waals surface area contributed by atoms with E-state index in [1.54, 1.807) is 7.11 Å². The van der Waals surface area contributed by atoms with Gasteiger partial charge in [-0.25, -0.2) is 9.97 Å². The van der Waals surface area contributed by atoms with Crippen LogP contribution in [0.25, 0.3) is 10.9 Å². The van der Waals surface area contributed by atoms with Gasteiger partial charge in [0.15, 0.2) is 11.5 Å². The second-order valence-electron chi connectivity index (χ2n) is 9.11. The zero-order chi connectivity index (χ0) is 23.8. The van der Waals surface area contributed by atoms with Crippen molar-refractivity contribution in [1.29, 1.82) is 0 Å². The number of likely N-dealkylation sites (tertiary alicyclic amines) is 1. The van der Waals surface area contributed by atoms with E-state index in [4.69, 9.17) is 32.7 Å². The van der Waals surface area contributed by atoms with Crippen molar-refractivity contribution in [2.45, 2.75) is 19.8 Å². The predicted octanol–water partition coefficient (Wildman–Crippen LogP) is 6.81. The van der Waals surface area contributed by atoms with Crippen LogP contribution in [0.5, 0.6) is 11.5 Å². The third kappa shape index (κ3) is 4.68. The Hall–Kier alpha value is -1.80. The van der Waals surface area contributed by atoms with E-state index in [9.17, 15) is 0 Å². The van der Waals surface area contributed by atoms with Crippen LogP contribution in [0.1, 0.15) is 19.8 Å². The molecule has 0 spiro atoms. The van der Waals surface area contributed by atoms with Gasteiger partial charge < -0.3 is 19.7 Å². The molecule has 34 heavy (non-hydrogen) atoms. The summed E-state index contributed by atoms with van der Waals surface area (Å²) in [6.07, 6.45) is 4.00. The Morgan fingerprint density at radius 1 is 1.09 bits per heavy atom. The Kier molecular flexibility index (Phi) is 7.07. The zero-order valence-corrected chi connectivity index (χ0v) is 22.3. The van der Waals surface area contributed by atoms with E-state index in [0.717, 1.165) is 33.8 Å². The number of aromatic nitrogens is 2. The summed E-state index contributed by atoms with van der Waals surface area (Å²) in [5.74, 6) is 4.18. The number of halogens is 3. The predicted molar refractivity (Wildman–Crippen MR) is 141 cm³/mol. The van der Waals surface area contributed by atoms with E-state index in [0.29, 0.717) is 45.6 Å². The van der Waals surface area contributed by atoms with Gasteiger partial charge in [0, 0.05) is 29.0 Å². The van der Waals surface area contributed by atoms with Crippen molar-refractivity contribution in [3.63, 3.8) is 0 Å². The molecule has 3 aromatic rings. The third-order valence-corrected chi connectivity index (χ3v) is 8.83. The lowest BCUT2D eigenvalue weighted by molar-refractivity contribution is 0.223. The van der Waals surface area contributed by atoms with Gasteiger partial charge in [0.1, 0.15) is 12.1 Å². The van der Waals surface area contributed by atoms with Gasteiger partial charge in [-0.05, 0) is 71.3 Å². The van der Waals surface area contributed by atoms with Crippen LogP contribution in [0.3, 0.4) is 0 Å². The lowest BCUT2D eigenvalue weighted by Gasteiger charge is -2.18. The molecule has 1 aromatic heterocycles. The summed E-state index contributed by atoms with van der Waals surface area (Å²) in [6.45, 7) is 6.57. The zero-order valence-electron chi connectivity index (χ0n) is 19.2. The highest BCUT2D eigenvalue weighted by Crippen LogP contribution is 2.43. The van der Waals surface area contributed by atoms with Gasteiger partial charge in [-0.3, -0.25) is 0 Å². The van der Waals surface area contributed by atoms with Gasteiger partial charge in [-0.1, -0.05) is 30.1 Å². The Balaban J connectivity index is 1.34. The highest BCUT2D eigenvalue weighted by molar-refractivity contribution is 9.10. The molecule has 1 aliphatic carbocycles. The van der Waals surface area contributed by atoms with E-state index >= 15 is 0 Å². The maximum Gasteiger partial charge on any atom is 0.163 e. The molecular weight excluding hydrogens is 539 g/mol. The van der Waals surface area contributed by atoms with Crippen LogP contribution in [0.4, 0.5) is 11.5 Å². The van der Waals surface area contributed by atoms with Crippen molar-refractivity contribution >= 4 is 61.5 Å². The Morgan fingerprint density at radius 3 is 2.56 bits per heavy atom. The molecule has 2 heterocycles. The third-order valence-electron chi connectivity index (χ3n) is 7.05. The number of benzene rings is 2. The first-order valence-electron chi connectivity index (χ1n) is 11.5. The first kappa shape index (κ1) is 23.9. The molecule has 0 radical (unpaired) electrons. The van der Waals surface area contributed by atoms with E-state index < -0.39 is 0 Å². The molecule has 1 saturated heterocycles. The summed E-state index contributed by atoms with van der Waals surface area (Å²) in [5, 5.41) is 4.93. The number of methoxy groups -OCH3 is 1. The fourth-order valence-corrected chi connectivity index (χ4v) is 6.13. The summed E-state index contributed by atoms with van der Waals surface area (Å²) >= 11 is 16.1. The van der Waals surface area contributed by atoms with Crippen molar-refractivity contribution in [2.75, 3.05) is 38.7 Å². The standard InChI is InChI=1S/C25H27BrCl2N4O2/c1-3-32-10-15-6-14(7-16(15)11-32)12-34-22-9-20-17(8-21(22)33-2)25(30-13-29-20)31-19-5-4-18(26)23(27)24(19)28/h4-5,8-9,13-16H,3,6-7,10-12H2,1-2H3,(H,29,30,31)/t14-,15-,16+. The van der Waals surface area contributed by atoms with Crippen molar-refractivity contribution in [1.82, 2.24) is 14.9 Å². The summed E-state index contributed by atoms with van der Waals surface area (Å²) in [4.78, 5) is 11.4. The van der Waals surface area contributed by atoms with Crippen molar-refractivity contribution in [2.24, 2.45) is 17.8 Å². The first-order valence-corrected chi connectivity index (χ1v) is 13.1. The van der Waals surface area contributed by atoms with Crippen LogP contribution in [0.2, 0.25) is 10.0 Å². The lowest BCUT2D eigenvalue weighted by atomic mass is 10.0. The second kappa shape index (κ2) is 10.1. The summed E-state index contributed by atoms with van der Waals surface area (Å²) in [7, 11) is 1.65. The van der Waals surface area contributed by atoms with Crippen LogP contribution in [-0.4, -0.2) is 48.2 Å². The molecule has 5 rings (SSSR count). The molecule has 2 aliphatic rings. The number of ether oxygens (including phenoxy) is 2. The highest BCUT2D eigenvalue weighted by Gasteiger charge is 2.40. The number of hydrogen-bond acceptors (Lipinski definition) is 6. The van der Waals surface area contributed by atoms with Crippen molar-refractivity contribution < 1.29 is 9.47 Å².